The Morgan fingerprint density at radius 1 is 1.33 bits per heavy atom. The second-order valence-corrected chi connectivity index (χ2v) is 4.52. The zero-order chi connectivity index (χ0) is 15.6. The van der Waals surface area contributed by atoms with Crippen molar-refractivity contribution in [2.75, 3.05) is 6.54 Å². The Balaban J connectivity index is 2.76. The first kappa shape index (κ1) is 14.9. The van der Waals surface area contributed by atoms with Crippen LogP contribution in [0.2, 0.25) is 0 Å². The summed E-state index contributed by atoms with van der Waals surface area (Å²) in [4.78, 5) is 14.5. The van der Waals surface area contributed by atoms with Gasteiger partial charge in [0.25, 0.3) is 5.56 Å². The van der Waals surface area contributed by atoms with Gasteiger partial charge in [-0.1, -0.05) is 17.2 Å². The van der Waals surface area contributed by atoms with E-state index in [2.05, 4.69) is 10.0 Å². The lowest BCUT2D eigenvalue weighted by Crippen LogP contribution is -2.24. The molecule has 0 radical (unpaired) electrons. The van der Waals surface area contributed by atoms with Gasteiger partial charge in [0.1, 0.15) is 0 Å². The number of hydrogen-bond donors (Lipinski definition) is 0. The van der Waals surface area contributed by atoms with E-state index in [1.165, 1.54) is 16.7 Å². The first-order valence-electron chi connectivity index (χ1n) is 6.07. The Morgan fingerprint density at radius 2 is 2.05 bits per heavy atom. The first-order valence-corrected chi connectivity index (χ1v) is 6.07. The monoisotopic (exact) mass is 296 g/mol. The van der Waals surface area contributed by atoms with Gasteiger partial charge in [-0.25, -0.2) is 0 Å². The van der Waals surface area contributed by atoms with E-state index in [1.807, 2.05) is 0 Å². The molecule has 2 rings (SSSR count). The molecule has 110 valence electrons. The van der Waals surface area contributed by atoms with Crippen molar-refractivity contribution in [3.63, 3.8) is 0 Å². The van der Waals surface area contributed by atoms with Gasteiger partial charge in [0.2, 0.25) is 0 Å². The Hall–Kier alpha value is -2.47. The average Bonchev–Trinajstić information content (AvgIpc) is 2.39. The molecule has 0 unspecified atom stereocenters. The molecular formula is C13H11F3N4O. The normalized spacial score (nSPS) is 11.4. The molecule has 0 bridgehead atoms. The standard InChI is InChI=1S/C13H11F3N4O/c1-8-2-3-9-10(13(14,15)16)7-12(21)20(11(9)6-8)5-4-18-19-17/h2-3,6-7H,4-5H2,1H3. The van der Waals surface area contributed by atoms with Gasteiger partial charge in [-0.2, -0.15) is 13.2 Å². The summed E-state index contributed by atoms with van der Waals surface area (Å²) in [5.41, 5.74) is 7.44. The lowest BCUT2D eigenvalue weighted by molar-refractivity contribution is -0.136. The maximum Gasteiger partial charge on any atom is 0.417 e. The van der Waals surface area contributed by atoms with Gasteiger partial charge in [0.15, 0.2) is 0 Å². The smallest absolute Gasteiger partial charge is 0.308 e. The van der Waals surface area contributed by atoms with E-state index >= 15 is 0 Å². The van der Waals surface area contributed by atoms with Crippen molar-refractivity contribution in [3.05, 3.63) is 56.2 Å². The minimum atomic E-state index is -4.60. The van der Waals surface area contributed by atoms with E-state index in [0.717, 1.165) is 5.56 Å². The Kier molecular flexibility index (Phi) is 3.90. The minimum absolute atomic E-state index is 0.00911. The molecule has 0 fully saturated rings. The summed E-state index contributed by atoms with van der Waals surface area (Å²) >= 11 is 0. The molecule has 0 saturated heterocycles. The molecule has 21 heavy (non-hydrogen) atoms. The maximum absolute atomic E-state index is 13.0. The molecule has 0 atom stereocenters. The SMILES string of the molecule is Cc1ccc2c(C(F)(F)F)cc(=O)n(CCN=[N+]=[N-])c2c1. The van der Waals surface area contributed by atoms with E-state index in [1.54, 1.807) is 13.0 Å². The van der Waals surface area contributed by atoms with Crippen LogP contribution in [0.5, 0.6) is 0 Å². The van der Waals surface area contributed by atoms with Crippen molar-refractivity contribution in [1.82, 2.24) is 4.57 Å². The van der Waals surface area contributed by atoms with Crippen LogP contribution in [0.15, 0.2) is 34.2 Å². The van der Waals surface area contributed by atoms with Crippen LogP contribution >= 0.6 is 0 Å². The van der Waals surface area contributed by atoms with E-state index < -0.39 is 17.3 Å². The first-order chi connectivity index (χ1) is 9.84. The number of azide groups is 1. The highest BCUT2D eigenvalue weighted by Crippen LogP contribution is 2.33. The largest absolute Gasteiger partial charge is 0.417 e. The van der Waals surface area contributed by atoms with Crippen LogP contribution < -0.4 is 5.56 Å². The number of alkyl halides is 3. The predicted molar refractivity (Wildman–Crippen MR) is 72.0 cm³/mol. The van der Waals surface area contributed by atoms with Crippen LogP contribution in [-0.4, -0.2) is 11.1 Å². The zero-order valence-electron chi connectivity index (χ0n) is 11.1. The fourth-order valence-corrected chi connectivity index (χ4v) is 2.15. The zero-order valence-corrected chi connectivity index (χ0v) is 11.1. The minimum Gasteiger partial charge on any atom is -0.308 e. The van der Waals surface area contributed by atoms with Crippen LogP contribution in [0.25, 0.3) is 21.3 Å². The van der Waals surface area contributed by atoms with Crippen molar-refractivity contribution < 1.29 is 13.2 Å². The van der Waals surface area contributed by atoms with Gasteiger partial charge in [-0.3, -0.25) is 4.79 Å². The molecule has 1 aromatic carbocycles. The quantitative estimate of drug-likeness (QED) is 0.484. The van der Waals surface area contributed by atoms with E-state index in [4.69, 9.17) is 5.53 Å². The molecule has 0 spiro atoms. The molecular weight excluding hydrogens is 285 g/mol. The summed E-state index contributed by atoms with van der Waals surface area (Å²) in [5, 5.41) is 3.26. The summed E-state index contributed by atoms with van der Waals surface area (Å²) in [6.45, 7) is 1.74. The van der Waals surface area contributed by atoms with E-state index in [-0.39, 0.29) is 24.0 Å². The third kappa shape index (κ3) is 3.00. The van der Waals surface area contributed by atoms with Crippen molar-refractivity contribution in [2.45, 2.75) is 19.6 Å². The Morgan fingerprint density at radius 3 is 2.67 bits per heavy atom. The number of halogens is 3. The van der Waals surface area contributed by atoms with Gasteiger partial charge < -0.3 is 4.57 Å². The molecule has 0 aliphatic heterocycles. The van der Waals surface area contributed by atoms with Crippen molar-refractivity contribution >= 4 is 10.9 Å². The van der Waals surface area contributed by atoms with Crippen molar-refractivity contribution in [2.24, 2.45) is 5.11 Å². The number of rotatable bonds is 3. The van der Waals surface area contributed by atoms with Crippen LogP contribution in [0.4, 0.5) is 13.2 Å². The number of hydrogen-bond acceptors (Lipinski definition) is 2. The molecule has 0 saturated carbocycles. The number of pyridine rings is 1. The molecule has 0 N–H and O–H groups in total. The van der Waals surface area contributed by atoms with Gasteiger partial charge in [0, 0.05) is 29.5 Å². The number of aromatic nitrogens is 1. The van der Waals surface area contributed by atoms with Crippen LogP contribution in [0, 0.1) is 6.92 Å². The topological polar surface area (TPSA) is 70.8 Å². The summed E-state index contributed by atoms with van der Waals surface area (Å²) < 4.78 is 40.3. The second-order valence-electron chi connectivity index (χ2n) is 4.52. The van der Waals surface area contributed by atoms with Gasteiger partial charge in [-0.15, -0.1) is 0 Å². The number of benzene rings is 1. The lowest BCUT2D eigenvalue weighted by Gasteiger charge is -2.15. The highest BCUT2D eigenvalue weighted by atomic mass is 19.4. The summed E-state index contributed by atoms with van der Waals surface area (Å²) in [6.07, 6.45) is -4.60. The molecule has 5 nitrogen and oxygen atoms in total. The van der Waals surface area contributed by atoms with Gasteiger partial charge in [0.05, 0.1) is 11.1 Å². The van der Waals surface area contributed by atoms with Crippen molar-refractivity contribution in [1.29, 1.82) is 0 Å². The second kappa shape index (κ2) is 5.49. The predicted octanol–water partition coefficient (Wildman–Crippen LogP) is 3.64. The molecule has 1 heterocycles. The van der Waals surface area contributed by atoms with E-state index in [9.17, 15) is 18.0 Å². The Labute approximate surface area is 117 Å². The van der Waals surface area contributed by atoms with Gasteiger partial charge in [-0.05, 0) is 24.1 Å². The fraction of sp³-hybridized carbons (Fsp3) is 0.308. The third-order valence-electron chi connectivity index (χ3n) is 3.06. The summed E-state index contributed by atoms with van der Waals surface area (Å²) in [6, 6.07) is 4.99. The molecule has 2 aromatic rings. The van der Waals surface area contributed by atoms with Gasteiger partial charge >= 0.3 is 6.18 Å². The van der Waals surface area contributed by atoms with Crippen LogP contribution in [0.3, 0.4) is 0 Å². The summed E-state index contributed by atoms with van der Waals surface area (Å²) in [7, 11) is 0. The molecule has 8 heteroatoms. The van der Waals surface area contributed by atoms with Crippen LogP contribution in [-0.2, 0) is 12.7 Å². The van der Waals surface area contributed by atoms with E-state index in [0.29, 0.717) is 6.07 Å². The third-order valence-corrected chi connectivity index (χ3v) is 3.06. The molecule has 1 aromatic heterocycles. The number of nitrogens with zero attached hydrogens (tertiary/aromatic N) is 4. The molecule has 0 amide bonds. The highest BCUT2D eigenvalue weighted by Gasteiger charge is 2.33. The fourth-order valence-electron chi connectivity index (χ4n) is 2.15. The number of aryl methyl sites for hydroxylation is 1. The lowest BCUT2D eigenvalue weighted by atomic mass is 10.1. The van der Waals surface area contributed by atoms with Crippen LogP contribution in [0.1, 0.15) is 11.1 Å². The molecule has 0 aliphatic rings. The number of fused-ring (bicyclic) bond motifs is 1. The molecule has 0 aliphatic carbocycles. The van der Waals surface area contributed by atoms with Crippen molar-refractivity contribution in [3.8, 4) is 0 Å². The Bertz CT molecular complexity index is 788. The summed E-state index contributed by atoms with van der Waals surface area (Å²) in [5.74, 6) is 0. The average molecular weight is 296 g/mol. The maximum atomic E-state index is 13.0. The highest BCUT2D eigenvalue weighted by molar-refractivity contribution is 5.83.